The van der Waals surface area contributed by atoms with Crippen molar-refractivity contribution in [2.75, 3.05) is 32.7 Å². The third-order valence-corrected chi connectivity index (χ3v) is 4.92. The van der Waals surface area contributed by atoms with Gasteiger partial charge in [0.05, 0.1) is 11.7 Å². The standard InChI is InChI=1S/C18H36N2O/c1-15(2)10-19-12-18(8-6-7-9-18)14-20-11-16(3)21-17(4,5)13-20/h15-16,19H,6-14H2,1-5H3. The Kier molecular flexibility index (Phi) is 5.72. The number of ether oxygens (including phenoxy) is 1. The molecule has 0 radical (unpaired) electrons. The third-order valence-electron chi connectivity index (χ3n) is 4.92. The second-order valence-electron chi connectivity index (χ2n) is 8.59. The van der Waals surface area contributed by atoms with E-state index in [9.17, 15) is 0 Å². The lowest BCUT2D eigenvalue weighted by molar-refractivity contribution is -0.134. The fraction of sp³-hybridized carbons (Fsp3) is 1.00. The van der Waals surface area contributed by atoms with Crippen molar-refractivity contribution in [2.45, 2.75) is 72.0 Å². The Hall–Kier alpha value is -0.120. The van der Waals surface area contributed by atoms with Crippen LogP contribution in [0.2, 0.25) is 0 Å². The summed E-state index contributed by atoms with van der Waals surface area (Å²) in [5.74, 6) is 0.741. The summed E-state index contributed by atoms with van der Waals surface area (Å²) in [4.78, 5) is 2.66. The minimum Gasteiger partial charge on any atom is -0.370 e. The zero-order valence-electron chi connectivity index (χ0n) is 14.9. The highest BCUT2D eigenvalue weighted by Gasteiger charge is 2.39. The lowest BCUT2D eigenvalue weighted by atomic mass is 9.84. The smallest absolute Gasteiger partial charge is 0.0757 e. The van der Waals surface area contributed by atoms with Gasteiger partial charge in [0.15, 0.2) is 0 Å². The van der Waals surface area contributed by atoms with Crippen LogP contribution >= 0.6 is 0 Å². The van der Waals surface area contributed by atoms with E-state index in [-0.39, 0.29) is 5.60 Å². The van der Waals surface area contributed by atoms with Crippen molar-refractivity contribution in [1.29, 1.82) is 0 Å². The van der Waals surface area contributed by atoms with Crippen LogP contribution < -0.4 is 5.32 Å². The first-order chi connectivity index (χ1) is 9.80. The second-order valence-corrected chi connectivity index (χ2v) is 8.59. The van der Waals surface area contributed by atoms with Gasteiger partial charge in [-0.3, -0.25) is 4.90 Å². The molecule has 1 unspecified atom stereocenters. The summed E-state index contributed by atoms with van der Waals surface area (Å²) in [7, 11) is 0. The quantitative estimate of drug-likeness (QED) is 0.814. The van der Waals surface area contributed by atoms with E-state index in [0.29, 0.717) is 11.5 Å². The van der Waals surface area contributed by atoms with Gasteiger partial charge in [-0.25, -0.2) is 0 Å². The second kappa shape index (κ2) is 6.97. The van der Waals surface area contributed by atoms with Crippen LogP contribution in [0.4, 0.5) is 0 Å². The van der Waals surface area contributed by atoms with Gasteiger partial charge in [-0.2, -0.15) is 0 Å². The SMILES string of the molecule is CC(C)CNCC1(CN2CC(C)OC(C)(C)C2)CCCC1. The Morgan fingerprint density at radius 3 is 2.48 bits per heavy atom. The predicted molar refractivity (Wildman–Crippen MR) is 89.7 cm³/mol. The summed E-state index contributed by atoms with van der Waals surface area (Å²) in [6.45, 7) is 17.0. The Balaban J connectivity index is 1.92. The van der Waals surface area contributed by atoms with Gasteiger partial charge >= 0.3 is 0 Å². The molecule has 2 fully saturated rings. The van der Waals surface area contributed by atoms with Gasteiger partial charge in [-0.15, -0.1) is 0 Å². The fourth-order valence-corrected chi connectivity index (χ4v) is 4.32. The van der Waals surface area contributed by atoms with Crippen LogP contribution in [0.5, 0.6) is 0 Å². The Morgan fingerprint density at radius 1 is 1.24 bits per heavy atom. The largest absolute Gasteiger partial charge is 0.370 e. The average molecular weight is 296 g/mol. The van der Waals surface area contributed by atoms with Crippen LogP contribution in [0.15, 0.2) is 0 Å². The minimum atomic E-state index is 0.00280. The van der Waals surface area contributed by atoms with E-state index in [1.165, 1.54) is 38.8 Å². The van der Waals surface area contributed by atoms with E-state index in [1.807, 2.05) is 0 Å². The maximum atomic E-state index is 6.06. The molecule has 1 saturated carbocycles. The van der Waals surface area contributed by atoms with Gasteiger partial charge in [0.25, 0.3) is 0 Å². The van der Waals surface area contributed by atoms with Gasteiger partial charge < -0.3 is 10.1 Å². The highest BCUT2D eigenvalue weighted by Crippen LogP contribution is 2.39. The molecule has 1 heterocycles. The van der Waals surface area contributed by atoms with E-state index < -0.39 is 0 Å². The first kappa shape index (κ1) is 17.2. The number of hydrogen-bond donors (Lipinski definition) is 1. The van der Waals surface area contributed by atoms with Gasteiger partial charge in [-0.05, 0) is 51.5 Å². The molecule has 0 aromatic heterocycles. The fourth-order valence-electron chi connectivity index (χ4n) is 4.32. The van der Waals surface area contributed by atoms with Gasteiger partial charge in [0.2, 0.25) is 0 Å². The van der Waals surface area contributed by atoms with Crippen LogP contribution in [0.1, 0.15) is 60.3 Å². The van der Waals surface area contributed by atoms with Gasteiger partial charge in [-0.1, -0.05) is 26.7 Å². The van der Waals surface area contributed by atoms with Crippen LogP contribution in [0.25, 0.3) is 0 Å². The Labute approximate surface area is 131 Å². The van der Waals surface area contributed by atoms with E-state index >= 15 is 0 Å². The Morgan fingerprint density at radius 2 is 1.90 bits per heavy atom. The van der Waals surface area contributed by atoms with Crippen molar-refractivity contribution in [3.05, 3.63) is 0 Å². The highest BCUT2D eigenvalue weighted by molar-refractivity contribution is 4.92. The molecule has 1 aliphatic carbocycles. The van der Waals surface area contributed by atoms with E-state index in [0.717, 1.165) is 25.6 Å². The number of morpholine rings is 1. The molecule has 0 amide bonds. The maximum Gasteiger partial charge on any atom is 0.0757 e. The zero-order chi connectivity index (χ0) is 15.5. The number of nitrogens with zero attached hydrogens (tertiary/aromatic N) is 1. The van der Waals surface area contributed by atoms with Crippen molar-refractivity contribution < 1.29 is 4.74 Å². The lowest BCUT2D eigenvalue weighted by Gasteiger charge is -2.45. The predicted octanol–water partition coefficient (Wildman–Crippen LogP) is 3.29. The van der Waals surface area contributed by atoms with Gasteiger partial charge in [0.1, 0.15) is 0 Å². The summed E-state index contributed by atoms with van der Waals surface area (Å²) < 4.78 is 6.06. The van der Waals surface area contributed by atoms with Crippen LogP contribution in [-0.2, 0) is 4.74 Å². The summed E-state index contributed by atoms with van der Waals surface area (Å²) in [5.41, 5.74) is 0.505. The summed E-state index contributed by atoms with van der Waals surface area (Å²) in [6, 6.07) is 0. The molecule has 1 saturated heterocycles. The first-order valence-corrected chi connectivity index (χ1v) is 8.91. The summed E-state index contributed by atoms with van der Waals surface area (Å²) in [5, 5.41) is 3.73. The van der Waals surface area contributed by atoms with E-state index in [4.69, 9.17) is 4.74 Å². The molecule has 0 bridgehead atoms. The normalized spacial score (nSPS) is 29.1. The monoisotopic (exact) mass is 296 g/mol. The number of hydrogen-bond acceptors (Lipinski definition) is 3. The molecule has 1 aliphatic heterocycles. The van der Waals surface area contributed by atoms with E-state index in [1.54, 1.807) is 0 Å². The zero-order valence-corrected chi connectivity index (χ0v) is 14.9. The molecule has 0 aromatic carbocycles. The molecule has 2 rings (SSSR count). The molecular weight excluding hydrogens is 260 g/mol. The molecule has 1 atom stereocenters. The molecular formula is C18H36N2O. The van der Waals surface area contributed by atoms with Crippen molar-refractivity contribution in [3.63, 3.8) is 0 Å². The van der Waals surface area contributed by atoms with E-state index in [2.05, 4.69) is 44.8 Å². The van der Waals surface area contributed by atoms with Crippen molar-refractivity contribution >= 4 is 0 Å². The topological polar surface area (TPSA) is 24.5 Å². The minimum absolute atomic E-state index is 0.00280. The average Bonchev–Trinajstić information content (AvgIpc) is 2.74. The molecule has 3 nitrogen and oxygen atoms in total. The van der Waals surface area contributed by atoms with Crippen LogP contribution in [-0.4, -0.2) is 49.3 Å². The van der Waals surface area contributed by atoms with Gasteiger partial charge in [0, 0.05) is 26.2 Å². The third kappa shape index (κ3) is 5.22. The van der Waals surface area contributed by atoms with Crippen molar-refractivity contribution in [1.82, 2.24) is 10.2 Å². The molecule has 2 aliphatic rings. The summed E-state index contributed by atoms with van der Waals surface area (Å²) in [6.07, 6.45) is 5.96. The molecule has 1 N–H and O–H groups in total. The molecule has 124 valence electrons. The molecule has 3 heteroatoms. The maximum absolute atomic E-state index is 6.06. The molecule has 0 spiro atoms. The molecule has 21 heavy (non-hydrogen) atoms. The Bertz CT molecular complexity index is 321. The number of nitrogens with one attached hydrogen (secondary N) is 1. The summed E-state index contributed by atoms with van der Waals surface area (Å²) >= 11 is 0. The molecule has 0 aromatic rings. The van der Waals surface area contributed by atoms with Crippen molar-refractivity contribution in [3.8, 4) is 0 Å². The number of rotatable bonds is 6. The first-order valence-electron chi connectivity index (χ1n) is 8.91. The lowest BCUT2D eigenvalue weighted by Crippen LogP contribution is -2.55. The van der Waals surface area contributed by atoms with Crippen LogP contribution in [0, 0.1) is 11.3 Å². The highest BCUT2D eigenvalue weighted by atomic mass is 16.5. The van der Waals surface area contributed by atoms with Crippen LogP contribution in [0.3, 0.4) is 0 Å². The van der Waals surface area contributed by atoms with Crippen molar-refractivity contribution in [2.24, 2.45) is 11.3 Å².